The third kappa shape index (κ3) is 4.92. The number of anilines is 4. The minimum atomic E-state index is -0.978. The lowest BCUT2D eigenvalue weighted by atomic mass is 10.0. The summed E-state index contributed by atoms with van der Waals surface area (Å²) in [7, 11) is 4.29. The molecule has 3 aromatic rings. The Morgan fingerprint density at radius 3 is 2.74 bits per heavy atom. The number of hydrogen-bond acceptors (Lipinski definition) is 10. The Labute approximate surface area is 208 Å². The van der Waals surface area contributed by atoms with Crippen LogP contribution in [0.1, 0.15) is 39.3 Å². The molecule has 2 aliphatic heterocycles. The zero-order chi connectivity index (χ0) is 24.5. The number of likely N-dealkylation sites (tertiary alicyclic amines) is 1. The van der Waals surface area contributed by atoms with E-state index in [0.29, 0.717) is 29.4 Å². The highest BCUT2D eigenvalue weighted by Gasteiger charge is 2.31. The summed E-state index contributed by atoms with van der Waals surface area (Å²) in [5.41, 5.74) is 2.76. The maximum absolute atomic E-state index is 11.5. The van der Waals surface area contributed by atoms with Gasteiger partial charge in [-0.1, -0.05) is 17.4 Å². The molecule has 35 heavy (non-hydrogen) atoms. The number of carboxylic acid groups (broad SMARTS) is 1. The van der Waals surface area contributed by atoms with Gasteiger partial charge < -0.3 is 19.8 Å². The quantitative estimate of drug-likeness (QED) is 0.508. The molecule has 1 saturated heterocycles. The number of fused-ring (bicyclic) bond motifs is 1. The Kier molecular flexibility index (Phi) is 6.52. The Morgan fingerprint density at radius 1 is 1.26 bits per heavy atom. The average Bonchev–Trinajstić information content (AvgIpc) is 3.42. The molecule has 0 radical (unpaired) electrons. The molecular weight excluding hydrogens is 464 g/mol. The molecule has 11 heteroatoms. The lowest BCUT2D eigenvalue weighted by Gasteiger charge is -2.36. The van der Waals surface area contributed by atoms with Crippen LogP contribution in [-0.2, 0) is 13.0 Å². The molecule has 0 unspecified atom stereocenters. The number of aryl methyl sites for hydroxylation is 1. The molecule has 0 amide bonds. The Bertz CT molecular complexity index is 1210. The van der Waals surface area contributed by atoms with E-state index in [1.165, 1.54) is 0 Å². The van der Waals surface area contributed by atoms with E-state index in [2.05, 4.69) is 50.1 Å². The number of nitrogens with one attached hydrogen (secondary N) is 1. The van der Waals surface area contributed by atoms with Crippen molar-refractivity contribution in [3.8, 4) is 0 Å². The van der Waals surface area contributed by atoms with E-state index in [4.69, 9.17) is 9.97 Å². The van der Waals surface area contributed by atoms with E-state index in [9.17, 15) is 9.90 Å². The van der Waals surface area contributed by atoms with Gasteiger partial charge in [0.1, 0.15) is 16.5 Å². The summed E-state index contributed by atoms with van der Waals surface area (Å²) < 4.78 is 0. The lowest BCUT2D eigenvalue weighted by Crippen LogP contribution is -2.42. The highest BCUT2D eigenvalue weighted by molar-refractivity contribution is 7.17. The fourth-order valence-corrected chi connectivity index (χ4v) is 5.61. The van der Waals surface area contributed by atoms with Crippen LogP contribution in [0.15, 0.2) is 24.5 Å². The highest BCUT2D eigenvalue weighted by atomic mass is 32.1. The third-order valence-electron chi connectivity index (χ3n) is 6.77. The minimum absolute atomic E-state index is 0.218. The summed E-state index contributed by atoms with van der Waals surface area (Å²) >= 11 is 1.10. The zero-order valence-electron chi connectivity index (χ0n) is 20.2. The van der Waals surface area contributed by atoms with Gasteiger partial charge in [-0.25, -0.2) is 9.78 Å². The number of pyridine rings is 1. The van der Waals surface area contributed by atoms with Gasteiger partial charge in [-0.15, -0.1) is 0 Å². The number of aromatic carboxylic acids is 1. The van der Waals surface area contributed by atoms with E-state index >= 15 is 0 Å². The smallest absolute Gasteiger partial charge is 0.347 e. The van der Waals surface area contributed by atoms with E-state index < -0.39 is 5.97 Å². The third-order valence-corrected chi connectivity index (χ3v) is 7.83. The van der Waals surface area contributed by atoms with Gasteiger partial charge in [-0.05, 0) is 58.0 Å². The topological polar surface area (TPSA) is 111 Å². The van der Waals surface area contributed by atoms with Crippen LogP contribution in [0.4, 0.5) is 22.7 Å². The summed E-state index contributed by atoms with van der Waals surface area (Å²) in [4.78, 5) is 37.1. The van der Waals surface area contributed by atoms with Crippen molar-refractivity contribution in [1.82, 2.24) is 24.8 Å². The first-order valence-corrected chi connectivity index (χ1v) is 12.6. The number of aromatic nitrogens is 4. The van der Waals surface area contributed by atoms with Crippen LogP contribution in [0, 0.1) is 6.92 Å². The molecule has 1 fully saturated rings. The standard InChI is InChI=1S/C24H30N8O2S/c1-15-19(22(33)34)35-24(26-15)29-23-27-20(31(3)17-6-10-30(2)11-7-17)18-8-12-32(21(18)28-23)14-16-5-4-9-25-13-16/h4-5,9,13,17H,6-8,10-12,14H2,1-3H3,(H,33,34)(H,26,27,28,29). The molecule has 2 N–H and O–H groups in total. The largest absolute Gasteiger partial charge is 0.477 e. The van der Waals surface area contributed by atoms with Crippen molar-refractivity contribution in [3.05, 3.63) is 46.2 Å². The summed E-state index contributed by atoms with van der Waals surface area (Å²) in [6, 6.07) is 4.43. The Hall–Kier alpha value is -3.31. The summed E-state index contributed by atoms with van der Waals surface area (Å²) in [6.07, 6.45) is 6.71. The molecule has 10 nitrogen and oxygen atoms in total. The monoisotopic (exact) mass is 494 g/mol. The van der Waals surface area contributed by atoms with Gasteiger partial charge in [0.15, 0.2) is 5.13 Å². The Balaban J connectivity index is 1.49. The maximum Gasteiger partial charge on any atom is 0.347 e. The second-order valence-electron chi connectivity index (χ2n) is 9.21. The van der Waals surface area contributed by atoms with Gasteiger partial charge >= 0.3 is 5.97 Å². The van der Waals surface area contributed by atoms with Crippen molar-refractivity contribution in [2.75, 3.05) is 48.8 Å². The maximum atomic E-state index is 11.5. The van der Waals surface area contributed by atoms with Gasteiger partial charge in [0.05, 0.1) is 5.69 Å². The fourth-order valence-electron chi connectivity index (χ4n) is 4.81. The first-order valence-electron chi connectivity index (χ1n) is 11.8. The molecular formula is C24H30N8O2S. The van der Waals surface area contributed by atoms with E-state index in [0.717, 1.165) is 73.0 Å². The van der Waals surface area contributed by atoms with Crippen LogP contribution < -0.4 is 15.1 Å². The van der Waals surface area contributed by atoms with Crippen molar-refractivity contribution in [2.24, 2.45) is 0 Å². The SMILES string of the molecule is Cc1nc(Nc2nc3c(c(N(C)C4CCN(C)CC4)n2)CCN3Cc2cccnc2)sc1C(=O)O. The molecule has 0 bridgehead atoms. The first-order chi connectivity index (χ1) is 16.9. The Morgan fingerprint density at radius 2 is 2.06 bits per heavy atom. The van der Waals surface area contributed by atoms with Crippen LogP contribution >= 0.6 is 11.3 Å². The van der Waals surface area contributed by atoms with Gasteiger partial charge in [0.25, 0.3) is 0 Å². The van der Waals surface area contributed by atoms with Crippen molar-refractivity contribution in [1.29, 1.82) is 0 Å². The summed E-state index contributed by atoms with van der Waals surface area (Å²) in [6.45, 7) is 5.40. The lowest BCUT2D eigenvalue weighted by molar-refractivity contribution is 0.0701. The number of thiazole rings is 1. The van der Waals surface area contributed by atoms with Gasteiger partial charge in [0, 0.05) is 44.1 Å². The van der Waals surface area contributed by atoms with Crippen molar-refractivity contribution >= 4 is 40.0 Å². The second kappa shape index (κ2) is 9.74. The first kappa shape index (κ1) is 23.4. The van der Waals surface area contributed by atoms with Crippen LogP contribution in [0.3, 0.4) is 0 Å². The van der Waals surface area contributed by atoms with Gasteiger partial charge in [-0.3, -0.25) is 10.3 Å². The van der Waals surface area contributed by atoms with Gasteiger partial charge in [0.2, 0.25) is 5.95 Å². The summed E-state index contributed by atoms with van der Waals surface area (Å²) in [5, 5.41) is 13.1. The molecule has 3 aromatic heterocycles. The normalized spacial score (nSPS) is 16.4. The van der Waals surface area contributed by atoms with Crippen LogP contribution in [0.5, 0.6) is 0 Å². The number of carboxylic acids is 1. The molecule has 5 heterocycles. The molecule has 0 aliphatic carbocycles. The minimum Gasteiger partial charge on any atom is -0.477 e. The number of hydrogen-bond donors (Lipinski definition) is 2. The van der Waals surface area contributed by atoms with E-state index in [1.54, 1.807) is 13.1 Å². The second-order valence-corrected chi connectivity index (χ2v) is 10.2. The van der Waals surface area contributed by atoms with E-state index in [-0.39, 0.29) is 4.88 Å². The predicted octanol–water partition coefficient (Wildman–Crippen LogP) is 3.17. The fraction of sp³-hybridized carbons (Fsp3) is 0.458. The van der Waals surface area contributed by atoms with Crippen molar-refractivity contribution < 1.29 is 9.90 Å². The number of nitrogens with zero attached hydrogens (tertiary/aromatic N) is 7. The zero-order valence-corrected chi connectivity index (χ0v) is 21.0. The molecule has 0 aromatic carbocycles. The molecule has 2 aliphatic rings. The molecule has 0 spiro atoms. The molecule has 0 saturated carbocycles. The van der Waals surface area contributed by atoms with Crippen LogP contribution in [-0.4, -0.2) is 75.7 Å². The predicted molar refractivity (Wildman–Crippen MR) is 137 cm³/mol. The molecule has 184 valence electrons. The van der Waals surface area contributed by atoms with Crippen molar-refractivity contribution in [2.45, 2.75) is 38.8 Å². The number of carbonyl (C=O) groups is 1. The number of rotatable bonds is 7. The van der Waals surface area contributed by atoms with Crippen LogP contribution in [0.2, 0.25) is 0 Å². The molecule has 5 rings (SSSR count). The average molecular weight is 495 g/mol. The van der Waals surface area contributed by atoms with Crippen molar-refractivity contribution in [3.63, 3.8) is 0 Å². The van der Waals surface area contributed by atoms with Crippen LogP contribution in [0.25, 0.3) is 0 Å². The number of piperidine rings is 1. The molecule has 0 atom stereocenters. The summed E-state index contributed by atoms with van der Waals surface area (Å²) in [5.74, 6) is 1.30. The van der Waals surface area contributed by atoms with Gasteiger partial charge in [-0.2, -0.15) is 9.97 Å². The highest BCUT2D eigenvalue weighted by Crippen LogP contribution is 2.37. The van der Waals surface area contributed by atoms with E-state index in [1.807, 2.05) is 12.3 Å².